The average Bonchev–Trinajstić information content (AvgIpc) is 2.82. The number of halogens is 1. The van der Waals surface area contributed by atoms with Crippen molar-refractivity contribution in [2.24, 2.45) is 5.92 Å². The van der Waals surface area contributed by atoms with Crippen molar-refractivity contribution in [2.45, 2.75) is 19.4 Å². The molecule has 2 rings (SSSR count). The SMILES string of the molecule is CN(C)c1ncc(CNCC2CC2)s1.Cl. The van der Waals surface area contributed by atoms with Crippen molar-refractivity contribution in [2.75, 3.05) is 25.5 Å². The van der Waals surface area contributed by atoms with Gasteiger partial charge in [-0.05, 0) is 25.3 Å². The molecule has 0 atom stereocenters. The molecule has 0 bridgehead atoms. The van der Waals surface area contributed by atoms with E-state index in [1.807, 2.05) is 20.3 Å². The van der Waals surface area contributed by atoms with E-state index in [0.29, 0.717) is 0 Å². The van der Waals surface area contributed by atoms with Gasteiger partial charge in [0, 0.05) is 31.7 Å². The third kappa shape index (κ3) is 3.97. The van der Waals surface area contributed by atoms with Gasteiger partial charge in [0.25, 0.3) is 0 Å². The Kier molecular flexibility index (Phi) is 4.83. The van der Waals surface area contributed by atoms with Crippen molar-refractivity contribution in [1.29, 1.82) is 0 Å². The van der Waals surface area contributed by atoms with E-state index in [-0.39, 0.29) is 12.4 Å². The predicted octanol–water partition coefficient (Wildman–Crippen LogP) is 2.13. The van der Waals surface area contributed by atoms with Crippen LogP contribution in [-0.2, 0) is 6.54 Å². The average molecular weight is 248 g/mol. The minimum atomic E-state index is 0. The van der Waals surface area contributed by atoms with Gasteiger partial charge in [-0.2, -0.15) is 0 Å². The second-order valence-electron chi connectivity index (χ2n) is 4.08. The summed E-state index contributed by atoms with van der Waals surface area (Å²) in [7, 11) is 4.06. The van der Waals surface area contributed by atoms with Crippen LogP contribution in [0, 0.1) is 5.92 Å². The van der Waals surface area contributed by atoms with E-state index in [0.717, 1.165) is 17.6 Å². The number of aromatic nitrogens is 1. The Balaban J connectivity index is 0.00000112. The van der Waals surface area contributed by atoms with Gasteiger partial charge in [-0.1, -0.05) is 0 Å². The lowest BCUT2D eigenvalue weighted by Gasteiger charge is -2.05. The van der Waals surface area contributed by atoms with E-state index in [9.17, 15) is 0 Å². The normalized spacial score (nSPS) is 14.8. The smallest absolute Gasteiger partial charge is 0.185 e. The highest BCUT2D eigenvalue weighted by Crippen LogP contribution is 2.28. The minimum absolute atomic E-state index is 0. The van der Waals surface area contributed by atoms with Gasteiger partial charge in [-0.3, -0.25) is 0 Å². The summed E-state index contributed by atoms with van der Waals surface area (Å²) in [5, 5.41) is 4.56. The van der Waals surface area contributed by atoms with Gasteiger partial charge in [0.1, 0.15) is 0 Å². The molecule has 1 saturated carbocycles. The molecule has 1 N–H and O–H groups in total. The molecule has 1 aliphatic rings. The Morgan fingerprint density at radius 1 is 1.53 bits per heavy atom. The first kappa shape index (κ1) is 12.7. The van der Waals surface area contributed by atoms with Gasteiger partial charge in [-0.15, -0.1) is 23.7 Å². The molecule has 0 aliphatic heterocycles. The molecule has 3 nitrogen and oxygen atoms in total. The third-order valence-corrected chi connectivity index (χ3v) is 3.52. The fourth-order valence-electron chi connectivity index (χ4n) is 1.31. The molecule has 0 amide bonds. The van der Waals surface area contributed by atoms with Crippen LogP contribution < -0.4 is 10.2 Å². The van der Waals surface area contributed by atoms with Crippen LogP contribution in [0.1, 0.15) is 17.7 Å². The van der Waals surface area contributed by atoms with Gasteiger partial charge in [-0.25, -0.2) is 4.98 Å². The zero-order valence-corrected chi connectivity index (χ0v) is 10.8. The van der Waals surface area contributed by atoms with Crippen LogP contribution >= 0.6 is 23.7 Å². The second kappa shape index (κ2) is 5.68. The summed E-state index contributed by atoms with van der Waals surface area (Å²) in [6.45, 7) is 2.15. The fraction of sp³-hybridized carbons (Fsp3) is 0.700. The van der Waals surface area contributed by atoms with Crippen molar-refractivity contribution in [3.8, 4) is 0 Å². The van der Waals surface area contributed by atoms with Gasteiger partial charge in [0.15, 0.2) is 5.13 Å². The molecule has 0 spiro atoms. The van der Waals surface area contributed by atoms with Crippen LogP contribution in [-0.4, -0.2) is 25.6 Å². The van der Waals surface area contributed by atoms with E-state index in [1.54, 1.807) is 11.3 Å². The molecule has 1 heterocycles. The van der Waals surface area contributed by atoms with Gasteiger partial charge < -0.3 is 10.2 Å². The van der Waals surface area contributed by atoms with E-state index in [1.165, 1.54) is 24.3 Å². The zero-order valence-electron chi connectivity index (χ0n) is 9.19. The Morgan fingerprint density at radius 2 is 2.27 bits per heavy atom. The fourth-order valence-corrected chi connectivity index (χ4v) is 2.11. The molecule has 0 radical (unpaired) electrons. The highest BCUT2D eigenvalue weighted by atomic mass is 35.5. The van der Waals surface area contributed by atoms with E-state index >= 15 is 0 Å². The maximum absolute atomic E-state index is 4.33. The number of hydrogen-bond acceptors (Lipinski definition) is 4. The van der Waals surface area contributed by atoms with Crippen LogP contribution in [0.15, 0.2) is 6.20 Å². The summed E-state index contributed by atoms with van der Waals surface area (Å²) in [4.78, 5) is 7.71. The monoisotopic (exact) mass is 247 g/mol. The van der Waals surface area contributed by atoms with Crippen LogP contribution in [0.5, 0.6) is 0 Å². The summed E-state index contributed by atoms with van der Waals surface area (Å²) >= 11 is 1.77. The summed E-state index contributed by atoms with van der Waals surface area (Å²) in [5.41, 5.74) is 0. The Bertz CT molecular complexity index is 297. The lowest BCUT2D eigenvalue weighted by Crippen LogP contribution is -2.15. The number of thiazole rings is 1. The van der Waals surface area contributed by atoms with Gasteiger partial charge in [0.05, 0.1) is 0 Å². The Morgan fingerprint density at radius 3 is 2.80 bits per heavy atom. The number of anilines is 1. The lowest BCUT2D eigenvalue weighted by molar-refractivity contribution is 0.643. The molecule has 15 heavy (non-hydrogen) atoms. The highest BCUT2D eigenvalue weighted by Gasteiger charge is 2.20. The molecule has 1 aromatic heterocycles. The molecule has 1 aliphatic carbocycles. The van der Waals surface area contributed by atoms with Gasteiger partial charge >= 0.3 is 0 Å². The van der Waals surface area contributed by atoms with Crippen molar-refractivity contribution in [3.63, 3.8) is 0 Å². The summed E-state index contributed by atoms with van der Waals surface area (Å²) in [5.74, 6) is 0.955. The second-order valence-corrected chi connectivity index (χ2v) is 5.17. The molecular formula is C10H18ClN3S. The van der Waals surface area contributed by atoms with E-state index in [4.69, 9.17) is 0 Å². The molecule has 86 valence electrons. The molecular weight excluding hydrogens is 230 g/mol. The molecule has 1 aromatic rings. The van der Waals surface area contributed by atoms with Crippen molar-refractivity contribution < 1.29 is 0 Å². The number of nitrogens with zero attached hydrogens (tertiary/aromatic N) is 2. The van der Waals surface area contributed by atoms with Crippen molar-refractivity contribution in [3.05, 3.63) is 11.1 Å². The molecule has 0 unspecified atom stereocenters. The lowest BCUT2D eigenvalue weighted by atomic mass is 10.4. The minimum Gasteiger partial charge on any atom is -0.354 e. The quantitative estimate of drug-likeness (QED) is 0.864. The largest absolute Gasteiger partial charge is 0.354 e. The predicted molar refractivity (Wildman–Crippen MR) is 68.1 cm³/mol. The summed E-state index contributed by atoms with van der Waals surface area (Å²) in [6, 6.07) is 0. The van der Waals surface area contributed by atoms with Crippen LogP contribution in [0.25, 0.3) is 0 Å². The first-order valence-electron chi connectivity index (χ1n) is 5.08. The number of nitrogens with one attached hydrogen (secondary N) is 1. The van der Waals surface area contributed by atoms with Gasteiger partial charge in [0.2, 0.25) is 0 Å². The van der Waals surface area contributed by atoms with Crippen LogP contribution in [0.4, 0.5) is 5.13 Å². The van der Waals surface area contributed by atoms with Crippen molar-refractivity contribution >= 4 is 28.9 Å². The first-order chi connectivity index (χ1) is 6.75. The molecule has 1 fully saturated rings. The topological polar surface area (TPSA) is 28.2 Å². The number of rotatable bonds is 5. The summed E-state index contributed by atoms with van der Waals surface area (Å²) < 4.78 is 0. The standard InChI is InChI=1S/C10H17N3S.ClH/c1-13(2)10-12-7-9(14-10)6-11-5-8-3-4-8;/h7-8,11H,3-6H2,1-2H3;1H. The Hall–Kier alpha value is -0.320. The molecule has 0 aromatic carbocycles. The van der Waals surface area contributed by atoms with Crippen LogP contribution in [0.2, 0.25) is 0 Å². The zero-order chi connectivity index (χ0) is 9.97. The van der Waals surface area contributed by atoms with Crippen LogP contribution in [0.3, 0.4) is 0 Å². The first-order valence-corrected chi connectivity index (χ1v) is 5.90. The highest BCUT2D eigenvalue weighted by molar-refractivity contribution is 7.15. The van der Waals surface area contributed by atoms with E-state index in [2.05, 4.69) is 15.2 Å². The third-order valence-electron chi connectivity index (χ3n) is 2.35. The number of hydrogen-bond donors (Lipinski definition) is 1. The van der Waals surface area contributed by atoms with E-state index < -0.39 is 0 Å². The maximum atomic E-state index is 4.33. The summed E-state index contributed by atoms with van der Waals surface area (Å²) in [6.07, 6.45) is 4.80. The molecule has 0 saturated heterocycles. The Labute approximate surface area is 101 Å². The maximum Gasteiger partial charge on any atom is 0.185 e. The van der Waals surface area contributed by atoms with Crippen molar-refractivity contribution in [1.82, 2.24) is 10.3 Å². The molecule has 5 heteroatoms.